The molecule has 0 bridgehead atoms. The van der Waals surface area contributed by atoms with Crippen LogP contribution < -0.4 is 10.2 Å². The van der Waals surface area contributed by atoms with Gasteiger partial charge in [0.15, 0.2) is 0 Å². The molecule has 0 aromatic carbocycles. The molecule has 1 N–H and O–H groups in total. The average Bonchev–Trinajstić information content (AvgIpc) is 3.08. The summed E-state index contributed by atoms with van der Waals surface area (Å²) in [6.07, 6.45) is 4.05. The van der Waals surface area contributed by atoms with Gasteiger partial charge in [-0.3, -0.25) is 4.79 Å². The highest BCUT2D eigenvalue weighted by Crippen LogP contribution is 2.30. The molecule has 1 atom stereocenters. The fourth-order valence-electron chi connectivity index (χ4n) is 2.85. The van der Waals surface area contributed by atoms with E-state index < -0.39 is 10.0 Å². The zero-order chi connectivity index (χ0) is 19.3. The number of hydrogen-bond donors (Lipinski definition) is 1. The Morgan fingerprint density at radius 3 is 2.77 bits per heavy atom. The van der Waals surface area contributed by atoms with Crippen LogP contribution >= 0.6 is 0 Å². The zero-order valence-corrected chi connectivity index (χ0v) is 16.5. The summed E-state index contributed by atoms with van der Waals surface area (Å²) in [7, 11) is 2.00. The van der Waals surface area contributed by atoms with Gasteiger partial charge in [-0.2, -0.15) is 0 Å². The van der Waals surface area contributed by atoms with Gasteiger partial charge in [-0.1, -0.05) is 0 Å². The van der Waals surface area contributed by atoms with E-state index in [4.69, 9.17) is 4.74 Å². The van der Waals surface area contributed by atoms with E-state index in [1.54, 1.807) is 12.0 Å². The molecule has 0 spiro atoms. The molecule has 2 rings (SSSR count). The van der Waals surface area contributed by atoms with Gasteiger partial charge in [0.25, 0.3) is 5.91 Å². The highest BCUT2D eigenvalue weighted by molar-refractivity contribution is 7.88. The van der Waals surface area contributed by atoms with Crippen LogP contribution in [0.4, 0.5) is 5.95 Å². The summed E-state index contributed by atoms with van der Waals surface area (Å²) in [5.41, 5.74) is 0.993. The van der Waals surface area contributed by atoms with Gasteiger partial charge in [0.1, 0.15) is 0 Å². The SMILES string of the molecule is COCCCNC(=O)c1cnc(N(C)C)nc1C1CCN(S(C)(=O)=O)C1. The Kier molecular flexibility index (Phi) is 6.90. The van der Waals surface area contributed by atoms with Gasteiger partial charge in [0.2, 0.25) is 16.0 Å². The number of ether oxygens (including phenoxy) is 1. The van der Waals surface area contributed by atoms with Crippen molar-refractivity contribution >= 4 is 21.9 Å². The maximum Gasteiger partial charge on any atom is 0.254 e. The molecule has 1 saturated heterocycles. The summed E-state index contributed by atoms with van der Waals surface area (Å²) >= 11 is 0. The van der Waals surface area contributed by atoms with E-state index in [-0.39, 0.29) is 11.8 Å². The average molecular weight is 385 g/mol. The Morgan fingerprint density at radius 1 is 1.46 bits per heavy atom. The van der Waals surface area contributed by atoms with Crippen molar-refractivity contribution in [1.29, 1.82) is 0 Å². The summed E-state index contributed by atoms with van der Waals surface area (Å²) in [4.78, 5) is 23.1. The van der Waals surface area contributed by atoms with Crippen LogP contribution in [0.15, 0.2) is 6.20 Å². The molecular weight excluding hydrogens is 358 g/mol. The highest BCUT2D eigenvalue weighted by atomic mass is 32.2. The van der Waals surface area contributed by atoms with E-state index in [9.17, 15) is 13.2 Å². The second kappa shape index (κ2) is 8.74. The van der Waals surface area contributed by atoms with Crippen LogP contribution in [0.2, 0.25) is 0 Å². The Hall–Kier alpha value is -1.78. The Bertz CT molecular complexity index is 738. The highest BCUT2D eigenvalue weighted by Gasteiger charge is 2.33. The lowest BCUT2D eigenvalue weighted by Crippen LogP contribution is -2.29. The molecule has 1 aliphatic rings. The van der Waals surface area contributed by atoms with E-state index in [0.717, 1.165) is 0 Å². The third-order valence-corrected chi connectivity index (χ3v) is 5.54. The largest absolute Gasteiger partial charge is 0.385 e. The minimum atomic E-state index is -3.26. The van der Waals surface area contributed by atoms with Crippen molar-refractivity contribution in [3.8, 4) is 0 Å². The molecule has 9 nitrogen and oxygen atoms in total. The van der Waals surface area contributed by atoms with Crippen LogP contribution in [-0.2, 0) is 14.8 Å². The van der Waals surface area contributed by atoms with Gasteiger partial charge >= 0.3 is 0 Å². The fraction of sp³-hybridized carbons (Fsp3) is 0.688. The van der Waals surface area contributed by atoms with Gasteiger partial charge in [-0.15, -0.1) is 0 Å². The predicted octanol–water partition coefficient (Wildman–Crippen LogP) is 0.0578. The number of nitrogens with zero attached hydrogens (tertiary/aromatic N) is 4. The molecule has 10 heteroatoms. The molecule has 146 valence electrons. The number of anilines is 1. The van der Waals surface area contributed by atoms with Crippen molar-refractivity contribution in [3.63, 3.8) is 0 Å². The number of hydrogen-bond acceptors (Lipinski definition) is 7. The third kappa shape index (κ3) is 5.12. The summed E-state index contributed by atoms with van der Waals surface area (Å²) in [6, 6.07) is 0. The standard InChI is InChI=1S/C16H27N5O4S/c1-20(2)16-18-10-13(15(22)17-7-5-9-25-3)14(19-16)12-6-8-21(11-12)26(4,23)24/h10,12H,5-9,11H2,1-4H3,(H,17,22). The normalized spacial score (nSPS) is 18.1. The van der Waals surface area contributed by atoms with Crippen LogP contribution in [0.3, 0.4) is 0 Å². The van der Waals surface area contributed by atoms with Gasteiger partial charge < -0.3 is 15.0 Å². The summed E-state index contributed by atoms with van der Waals surface area (Å²) < 4.78 is 30.0. The second-order valence-electron chi connectivity index (χ2n) is 6.57. The number of carbonyl (C=O) groups is 1. The Balaban J connectivity index is 2.24. The fourth-order valence-corrected chi connectivity index (χ4v) is 3.74. The summed E-state index contributed by atoms with van der Waals surface area (Å²) in [5.74, 6) is 0.110. The minimum absolute atomic E-state index is 0.133. The molecule has 0 aliphatic carbocycles. The van der Waals surface area contributed by atoms with Crippen LogP contribution in [0.5, 0.6) is 0 Å². The number of nitrogens with one attached hydrogen (secondary N) is 1. The van der Waals surface area contributed by atoms with Crippen molar-refractivity contribution in [2.75, 3.05) is 58.6 Å². The lowest BCUT2D eigenvalue weighted by Gasteiger charge is -2.18. The van der Waals surface area contributed by atoms with E-state index >= 15 is 0 Å². The number of methoxy groups -OCH3 is 1. The first-order valence-corrected chi connectivity index (χ1v) is 10.4. The Labute approximate surface area is 154 Å². The first kappa shape index (κ1) is 20.5. The van der Waals surface area contributed by atoms with Gasteiger partial charge in [0, 0.05) is 59.6 Å². The molecule has 1 amide bonds. The molecule has 1 unspecified atom stereocenters. The van der Waals surface area contributed by atoms with E-state index in [0.29, 0.717) is 56.3 Å². The maximum atomic E-state index is 12.6. The predicted molar refractivity (Wildman–Crippen MR) is 99.0 cm³/mol. The lowest BCUT2D eigenvalue weighted by atomic mass is 10.00. The maximum absolute atomic E-state index is 12.6. The molecule has 1 fully saturated rings. The number of aromatic nitrogens is 2. The summed E-state index contributed by atoms with van der Waals surface area (Å²) in [5, 5.41) is 2.84. The molecule has 1 aromatic rings. The van der Waals surface area contributed by atoms with E-state index in [1.807, 2.05) is 14.1 Å². The number of sulfonamides is 1. The topological polar surface area (TPSA) is 105 Å². The number of rotatable bonds is 8. The van der Waals surface area contributed by atoms with Crippen LogP contribution in [0.1, 0.15) is 34.8 Å². The molecule has 0 radical (unpaired) electrons. The van der Waals surface area contributed by atoms with Gasteiger partial charge in [-0.25, -0.2) is 22.7 Å². The van der Waals surface area contributed by atoms with Crippen molar-refractivity contribution < 1.29 is 17.9 Å². The van der Waals surface area contributed by atoms with Gasteiger partial charge in [-0.05, 0) is 12.8 Å². The second-order valence-corrected chi connectivity index (χ2v) is 8.55. The molecule has 2 heterocycles. The lowest BCUT2D eigenvalue weighted by molar-refractivity contribution is 0.0946. The zero-order valence-electron chi connectivity index (χ0n) is 15.7. The van der Waals surface area contributed by atoms with Crippen LogP contribution in [0, 0.1) is 0 Å². The molecule has 1 aliphatic heterocycles. The van der Waals surface area contributed by atoms with E-state index in [2.05, 4.69) is 15.3 Å². The van der Waals surface area contributed by atoms with Crippen LogP contribution in [0.25, 0.3) is 0 Å². The van der Waals surface area contributed by atoms with Crippen molar-refractivity contribution in [1.82, 2.24) is 19.6 Å². The smallest absolute Gasteiger partial charge is 0.254 e. The van der Waals surface area contributed by atoms with Crippen molar-refractivity contribution in [2.24, 2.45) is 0 Å². The summed E-state index contributed by atoms with van der Waals surface area (Å²) in [6.45, 7) is 1.81. The minimum Gasteiger partial charge on any atom is -0.385 e. The van der Waals surface area contributed by atoms with Crippen LogP contribution in [-0.4, -0.2) is 82.3 Å². The number of carbonyl (C=O) groups excluding carboxylic acids is 1. The van der Waals surface area contributed by atoms with Crippen molar-refractivity contribution in [3.05, 3.63) is 17.5 Å². The Morgan fingerprint density at radius 2 is 2.19 bits per heavy atom. The monoisotopic (exact) mass is 385 g/mol. The first-order valence-electron chi connectivity index (χ1n) is 8.50. The molecule has 1 aromatic heterocycles. The van der Waals surface area contributed by atoms with Crippen molar-refractivity contribution in [2.45, 2.75) is 18.8 Å². The van der Waals surface area contributed by atoms with E-state index in [1.165, 1.54) is 16.8 Å². The molecular formula is C16H27N5O4S. The quantitative estimate of drug-likeness (QED) is 0.631. The third-order valence-electron chi connectivity index (χ3n) is 4.27. The first-order chi connectivity index (χ1) is 12.2. The molecule has 26 heavy (non-hydrogen) atoms. The number of amides is 1. The molecule has 0 saturated carbocycles. The van der Waals surface area contributed by atoms with Gasteiger partial charge in [0.05, 0.1) is 17.5 Å².